The summed E-state index contributed by atoms with van der Waals surface area (Å²) in [5.41, 5.74) is 0.477. The molecule has 4 nitrogen and oxygen atoms in total. The number of aliphatic hydroxyl groups is 1. The molecule has 1 aromatic carbocycles. The summed E-state index contributed by atoms with van der Waals surface area (Å²) in [7, 11) is -3.54. The molecule has 0 saturated heterocycles. The van der Waals surface area contributed by atoms with E-state index in [-0.39, 0.29) is 10.3 Å². The van der Waals surface area contributed by atoms with Gasteiger partial charge in [-0.1, -0.05) is 39.8 Å². The Morgan fingerprint density at radius 2 is 1.85 bits per heavy atom. The average molecular weight is 299 g/mol. The van der Waals surface area contributed by atoms with Crippen molar-refractivity contribution in [1.82, 2.24) is 4.72 Å². The molecule has 0 radical (unpaired) electrons. The molecule has 1 aromatic rings. The number of aliphatic hydroxyl groups excluding tert-OH is 1. The van der Waals surface area contributed by atoms with E-state index in [0.29, 0.717) is 18.0 Å². The van der Waals surface area contributed by atoms with Gasteiger partial charge in [0.25, 0.3) is 0 Å². The quantitative estimate of drug-likeness (QED) is 0.848. The first kappa shape index (κ1) is 17.1. The first-order valence-corrected chi connectivity index (χ1v) is 8.32. The molecule has 5 heteroatoms. The van der Waals surface area contributed by atoms with E-state index in [4.69, 9.17) is 0 Å². The fourth-order valence-corrected chi connectivity index (χ4v) is 2.79. The van der Waals surface area contributed by atoms with E-state index < -0.39 is 16.1 Å². The van der Waals surface area contributed by atoms with Crippen molar-refractivity contribution >= 4 is 10.0 Å². The van der Waals surface area contributed by atoms with Gasteiger partial charge in [0.15, 0.2) is 0 Å². The van der Waals surface area contributed by atoms with Crippen LogP contribution in [0.25, 0.3) is 0 Å². The van der Waals surface area contributed by atoms with Crippen LogP contribution in [0.4, 0.5) is 0 Å². The molecule has 0 amide bonds. The third-order valence-corrected chi connectivity index (χ3v) is 5.33. The first-order valence-electron chi connectivity index (χ1n) is 6.84. The van der Waals surface area contributed by atoms with Crippen LogP contribution in [0, 0.1) is 11.3 Å². The van der Waals surface area contributed by atoms with E-state index in [0.717, 1.165) is 0 Å². The van der Waals surface area contributed by atoms with Gasteiger partial charge in [-0.25, -0.2) is 13.1 Å². The van der Waals surface area contributed by atoms with Crippen LogP contribution < -0.4 is 4.72 Å². The van der Waals surface area contributed by atoms with Gasteiger partial charge < -0.3 is 5.11 Å². The van der Waals surface area contributed by atoms with Gasteiger partial charge in [-0.2, -0.15) is 0 Å². The van der Waals surface area contributed by atoms with Gasteiger partial charge >= 0.3 is 0 Å². The number of rotatable bonds is 6. The molecule has 0 aromatic heterocycles. The number of nitrogens with one attached hydrogen (secondary N) is 1. The monoisotopic (exact) mass is 299 g/mol. The summed E-state index contributed by atoms with van der Waals surface area (Å²) in [5, 5.41) is 9.53. The van der Waals surface area contributed by atoms with E-state index in [1.807, 2.05) is 13.8 Å². The molecule has 1 atom stereocenters. The molecule has 0 saturated carbocycles. The zero-order valence-corrected chi connectivity index (χ0v) is 13.7. The molecule has 0 aliphatic rings. The molecule has 0 aliphatic heterocycles. The largest absolute Gasteiger partial charge is 0.389 e. The van der Waals surface area contributed by atoms with Gasteiger partial charge in [0.2, 0.25) is 10.0 Å². The van der Waals surface area contributed by atoms with Crippen molar-refractivity contribution < 1.29 is 13.5 Å². The van der Waals surface area contributed by atoms with Crippen LogP contribution in [0.2, 0.25) is 0 Å². The molecule has 0 fully saturated rings. The van der Waals surface area contributed by atoms with Gasteiger partial charge in [-0.05, 0) is 36.0 Å². The fraction of sp³-hybridized carbons (Fsp3) is 0.600. The molecule has 0 heterocycles. The molecule has 0 spiro atoms. The van der Waals surface area contributed by atoms with Crippen LogP contribution in [0.5, 0.6) is 0 Å². The third kappa shape index (κ3) is 4.30. The van der Waals surface area contributed by atoms with Crippen LogP contribution in [-0.4, -0.2) is 20.1 Å². The Labute approximate surface area is 122 Å². The topological polar surface area (TPSA) is 66.4 Å². The molecule has 20 heavy (non-hydrogen) atoms. The maximum atomic E-state index is 12.3. The van der Waals surface area contributed by atoms with Crippen molar-refractivity contribution in [2.24, 2.45) is 11.3 Å². The van der Waals surface area contributed by atoms with Crippen LogP contribution in [0.1, 0.15) is 46.3 Å². The highest BCUT2D eigenvalue weighted by atomic mass is 32.2. The molecule has 1 unspecified atom stereocenters. The lowest BCUT2D eigenvalue weighted by Gasteiger charge is -2.29. The minimum atomic E-state index is -3.54. The SMILES string of the molecule is CC(O)c1cccc(S(=O)(=O)NCC(C)(C)C(C)C)c1. The maximum absolute atomic E-state index is 12.3. The summed E-state index contributed by atoms with van der Waals surface area (Å²) in [6.07, 6.45) is -0.683. The Balaban J connectivity index is 2.92. The molecule has 2 N–H and O–H groups in total. The predicted molar refractivity (Wildman–Crippen MR) is 80.9 cm³/mol. The highest BCUT2D eigenvalue weighted by Crippen LogP contribution is 2.25. The van der Waals surface area contributed by atoms with Crippen molar-refractivity contribution in [1.29, 1.82) is 0 Å². The summed E-state index contributed by atoms with van der Waals surface area (Å²) in [6.45, 7) is 10.2. The minimum Gasteiger partial charge on any atom is -0.389 e. The van der Waals surface area contributed by atoms with E-state index in [9.17, 15) is 13.5 Å². The summed E-state index contributed by atoms with van der Waals surface area (Å²) >= 11 is 0. The molecule has 114 valence electrons. The number of hydrogen-bond donors (Lipinski definition) is 2. The second-order valence-electron chi connectivity index (χ2n) is 6.22. The van der Waals surface area contributed by atoms with Crippen molar-refractivity contribution in [2.75, 3.05) is 6.54 Å². The normalized spacial score (nSPS) is 14.6. The average Bonchev–Trinajstić information content (AvgIpc) is 2.36. The fourth-order valence-electron chi connectivity index (χ4n) is 1.51. The Kier molecular flexibility index (Phi) is 5.35. The second kappa shape index (κ2) is 6.24. The number of sulfonamides is 1. The van der Waals surface area contributed by atoms with Gasteiger partial charge in [0.1, 0.15) is 0 Å². The molecular weight excluding hydrogens is 274 g/mol. The van der Waals surface area contributed by atoms with Crippen molar-refractivity contribution in [3.05, 3.63) is 29.8 Å². The van der Waals surface area contributed by atoms with Crippen molar-refractivity contribution in [3.63, 3.8) is 0 Å². The zero-order valence-electron chi connectivity index (χ0n) is 12.8. The molecule has 0 bridgehead atoms. The van der Waals surface area contributed by atoms with Gasteiger partial charge in [0.05, 0.1) is 11.0 Å². The smallest absolute Gasteiger partial charge is 0.240 e. The highest BCUT2D eigenvalue weighted by molar-refractivity contribution is 7.89. The molecule has 0 aliphatic carbocycles. The van der Waals surface area contributed by atoms with Gasteiger partial charge in [0, 0.05) is 6.54 Å². The van der Waals surface area contributed by atoms with Gasteiger partial charge in [-0.15, -0.1) is 0 Å². The van der Waals surface area contributed by atoms with Crippen LogP contribution in [-0.2, 0) is 10.0 Å². The van der Waals surface area contributed by atoms with Crippen molar-refractivity contribution in [2.45, 2.75) is 45.6 Å². The Morgan fingerprint density at radius 1 is 1.25 bits per heavy atom. The van der Waals surface area contributed by atoms with E-state index in [1.54, 1.807) is 19.1 Å². The van der Waals surface area contributed by atoms with Gasteiger partial charge in [-0.3, -0.25) is 0 Å². The summed E-state index contributed by atoms with van der Waals surface area (Å²) < 4.78 is 27.2. The molecular formula is C15H25NO3S. The summed E-state index contributed by atoms with van der Waals surface area (Å²) in [5.74, 6) is 0.369. The van der Waals surface area contributed by atoms with Crippen LogP contribution in [0.3, 0.4) is 0 Å². The number of benzene rings is 1. The lowest BCUT2D eigenvalue weighted by Crippen LogP contribution is -2.37. The van der Waals surface area contributed by atoms with Crippen LogP contribution in [0.15, 0.2) is 29.2 Å². The summed E-state index contributed by atoms with van der Waals surface area (Å²) in [4.78, 5) is 0.190. The van der Waals surface area contributed by atoms with E-state index >= 15 is 0 Å². The maximum Gasteiger partial charge on any atom is 0.240 e. The Hall–Kier alpha value is -0.910. The Morgan fingerprint density at radius 3 is 2.35 bits per heavy atom. The number of hydrogen-bond acceptors (Lipinski definition) is 3. The first-order chi connectivity index (χ1) is 9.06. The van der Waals surface area contributed by atoms with Crippen LogP contribution >= 0.6 is 0 Å². The zero-order chi connectivity index (χ0) is 15.6. The van der Waals surface area contributed by atoms with Crippen molar-refractivity contribution in [3.8, 4) is 0 Å². The highest BCUT2D eigenvalue weighted by Gasteiger charge is 2.25. The van der Waals surface area contributed by atoms with E-state index in [1.165, 1.54) is 12.1 Å². The predicted octanol–water partition coefficient (Wildman–Crippen LogP) is 2.70. The summed E-state index contributed by atoms with van der Waals surface area (Å²) in [6, 6.07) is 6.40. The Bertz CT molecular complexity index is 548. The third-order valence-electron chi connectivity index (χ3n) is 3.93. The lowest BCUT2D eigenvalue weighted by molar-refractivity contribution is 0.199. The second-order valence-corrected chi connectivity index (χ2v) is 7.98. The lowest BCUT2D eigenvalue weighted by atomic mass is 9.81. The standard InChI is InChI=1S/C15H25NO3S/c1-11(2)15(4,5)10-16-20(18,19)14-8-6-7-13(9-14)12(3)17/h6-9,11-12,16-17H,10H2,1-5H3. The molecule has 1 rings (SSSR count). The minimum absolute atomic E-state index is 0.116. The van der Waals surface area contributed by atoms with E-state index in [2.05, 4.69) is 18.6 Å².